The van der Waals surface area contributed by atoms with Gasteiger partial charge in [-0.25, -0.2) is 4.79 Å². The average Bonchev–Trinajstić information content (AvgIpc) is 3.46. The quantitative estimate of drug-likeness (QED) is 0.232. The molecule has 14 nitrogen and oxygen atoms in total. The molecule has 1 aromatic carbocycles. The Balaban J connectivity index is 1.30. The standard InChI is InChI=1S/C39H61N5O9/c1-28-26-32-27-31(12-13-33(32)44(28)18-20-50-22-24-52-25-23-51-21-19-45)36(47)42-14-16-43(17-15-42)37(48)34(30-10-8-7-9-11-30)40-35(46)29(2)41(6)38(49)53-39(3,4)5/h12-13,26-27,29-30,34,45H,7-11,14-25H2,1-6H3,(H,40,46)/t29-,34-/m0/s1. The molecule has 2 heterocycles. The number of rotatable bonds is 17. The number of aliphatic hydroxyl groups excluding tert-OH is 1. The first kappa shape index (κ1) is 42.0. The number of benzene rings is 1. The molecular formula is C39H61N5O9. The van der Waals surface area contributed by atoms with Crippen LogP contribution in [0.2, 0.25) is 0 Å². The van der Waals surface area contributed by atoms with E-state index >= 15 is 0 Å². The second-order valence-electron chi connectivity index (χ2n) is 15.0. The summed E-state index contributed by atoms with van der Waals surface area (Å²) in [6, 6.07) is 6.31. The summed E-state index contributed by atoms with van der Waals surface area (Å²) in [5, 5.41) is 12.7. The first-order valence-corrected chi connectivity index (χ1v) is 19.1. The van der Waals surface area contributed by atoms with E-state index in [0.29, 0.717) is 77.9 Å². The molecule has 2 aliphatic rings. The molecule has 2 aromatic rings. The van der Waals surface area contributed by atoms with Crippen molar-refractivity contribution >= 4 is 34.7 Å². The van der Waals surface area contributed by atoms with Crippen LogP contribution in [0.15, 0.2) is 24.3 Å². The molecular weight excluding hydrogens is 682 g/mol. The molecule has 2 N–H and O–H groups in total. The number of nitrogens with zero attached hydrogens (tertiary/aromatic N) is 4. The Bertz CT molecular complexity index is 1510. The number of amides is 4. The number of likely N-dealkylation sites (N-methyl/N-ethyl adjacent to an activating group) is 1. The van der Waals surface area contributed by atoms with E-state index in [1.54, 1.807) is 37.5 Å². The molecule has 0 spiro atoms. The molecule has 2 atom stereocenters. The van der Waals surface area contributed by atoms with Gasteiger partial charge in [-0.05, 0) is 77.6 Å². The summed E-state index contributed by atoms with van der Waals surface area (Å²) in [4.78, 5) is 58.6. The van der Waals surface area contributed by atoms with Gasteiger partial charge in [-0.15, -0.1) is 0 Å². The number of fused-ring (bicyclic) bond motifs is 1. The van der Waals surface area contributed by atoms with Crippen molar-refractivity contribution in [3.8, 4) is 0 Å². The summed E-state index contributed by atoms with van der Waals surface area (Å²) < 4.78 is 24.0. The first-order chi connectivity index (χ1) is 25.3. The average molecular weight is 744 g/mol. The Morgan fingerprint density at radius 1 is 0.887 bits per heavy atom. The number of aryl methyl sites for hydroxylation is 1. The molecule has 1 aliphatic carbocycles. The minimum Gasteiger partial charge on any atom is -0.444 e. The van der Waals surface area contributed by atoms with Crippen molar-refractivity contribution in [2.24, 2.45) is 5.92 Å². The fraction of sp³-hybridized carbons (Fsp3) is 0.692. The van der Waals surface area contributed by atoms with Gasteiger partial charge in [0.15, 0.2) is 0 Å². The normalized spacial score (nSPS) is 16.7. The molecule has 1 aromatic heterocycles. The van der Waals surface area contributed by atoms with E-state index in [0.717, 1.165) is 48.7 Å². The van der Waals surface area contributed by atoms with Crippen LogP contribution in [-0.4, -0.2) is 145 Å². The maximum atomic E-state index is 14.0. The lowest BCUT2D eigenvalue weighted by atomic mass is 9.83. The van der Waals surface area contributed by atoms with Crippen molar-refractivity contribution in [3.63, 3.8) is 0 Å². The predicted molar refractivity (Wildman–Crippen MR) is 201 cm³/mol. The minimum atomic E-state index is -0.829. The van der Waals surface area contributed by atoms with Crippen LogP contribution >= 0.6 is 0 Å². The van der Waals surface area contributed by atoms with Crippen LogP contribution in [0.25, 0.3) is 10.9 Å². The lowest BCUT2D eigenvalue weighted by Crippen LogP contribution is -2.59. The molecule has 53 heavy (non-hydrogen) atoms. The van der Waals surface area contributed by atoms with Crippen LogP contribution < -0.4 is 5.32 Å². The van der Waals surface area contributed by atoms with Crippen molar-refractivity contribution < 1.29 is 43.2 Å². The number of aliphatic hydroxyl groups is 1. The van der Waals surface area contributed by atoms with Crippen LogP contribution in [0.5, 0.6) is 0 Å². The van der Waals surface area contributed by atoms with Crippen LogP contribution in [0.3, 0.4) is 0 Å². The van der Waals surface area contributed by atoms with Crippen molar-refractivity contribution in [2.75, 3.05) is 79.5 Å². The summed E-state index contributed by atoms with van der Waals surface area (Å²) >= 11 is 0. The topological polar surface area (TPSA) is 152 Å². The van der Waals surface area contributed by atoms with Gasteiger partial charge in [0.05, 0.1) is 46.2 Å². The zero-order valence-corrected chi connectivity index (χ0v) is 32.6. The van der Waals surface area contributed by atoms with E-state index in [1.165, 1.54) is 11.9 Å². The highest BCUT2D eigenvalue weighted by Gasteiger charge is 2.37. The van der Waals surface area contributed by atoms with Gasteiger partial charge in [-0.1, -0.05) is 19.3 Å². The van der Waals surface area contributed by atoms with E-state index < -0.39 is 29.7 Å². The van der Waals surface area contributed by atoms with Crippen molar-refractivity contribution in [1.29, 1.82) is 0 Å². The van der Waals surface area contributed by atoms with Crippen LogP contribution in [0.1, 0.15) is 75.9 Å². The highest BCUT2D eigenvalue weighted by Crippen LogP contribution is 2.28. The molecule has 0 bridgehead atoms. The van der Waals surface area contributed by atoms with Crippen molar-refractivity contribution in [2.45, 2.75) is 91.0 Å². The molecule has 1 aliphatic heterocycles. The van der Waals surface area contributed by atoms with Crippen LogP contribution in [0, 0.1) is 12.8 Å². The van der Waals surface area contributed by atoms with Gasteiger partial charge in [-0.2, -0.15) is 0 Å². The van der Waals surface area contributed by atoms with Gasteiger partial charge < -0.3 is 43.7 Å². The highest BCUT2D eigenvalue weighted by molar-refractivity contribution is 5.98. The molecule has 1 saturated heterocycles. The molecule has 0 unspecified atom stereocenters. The number of aromatic nitrogens is 1. The summed E-state index contributed by atoms with van der Waals surface area (Å²) in [7, 11) is 1.52. The molecule has 14 heteroatoms. The molecule has 2 fully saturated rings. The summed E-state index contributed by atoms with van der Waals surface area (Å²) in [6.45, 7) is 13.8. The third kappa shape index (κ3) is 12.1. The van der Waals surface area contributed by atoms with Gasteiger partial charge in [0.1, 0.15) is 17.7 Å². The Morgan fingerprint density at radius 2 is 1.49 bits per heavy atom. The number of hydrogen-bond donors (Lipinski definition) is 2. The third-order valence-corrected chi connectivity index (χ3v) is 10.00. The Morgan fingerprint density at radius 3 is 2.11 bits per heavy atom. The number of nitrogens with one attached hydrogen (secondary N) is 1. The summed E-state index contributed by atoms with van der Waals surface area (Å²) in [6.07, 6.45) is 4.20. The van der Waals surface area contributed by atoms with Gasteiger partial charge in [0, 0.05) is 61.9 Å². The first-order valence-electron chi connectivity index (χ1n) is 19.1. The van der Waals surface area contributed by atoms with Gasteiger partial charge in [-0.3, -0.25) is 19.3 Å². The number of carbonyl (C=O) groups is 4. The lowest BCUT2D eigenvalue weighted by molar-refractivity contribution is -0.140. The molecule has 296 valence electrons. The lowest BCUT2D eigenvalue weighted by Gasteiger charge is -2.39. The second-order valence-corrected chi connectivity index (χ2v) is 15.0. The summed E-state index contributed by atoms with van der Waals surface area (Å²) in [5.41, 5.74) is 2.00. The fourth-order valence-corrected chi connectivity index (χ4v) is 6.90. The highest BCUT2D eigenvalue weighted by atomic mass is 16.6. The van der Waals surface area contributed by atoms with E-state index in [4.69, 9.17) is 24.1 Å². The minimum absolute atomic E-state index is 0.000806. The third-order valence-electron chi connectivity index (χ3n) is 10.00. The Hall–Kier alpha value is -3.72. The molecule has 4 amide bonds. The van der Waals surface area contributed by atoms with Crippen LogP contribution in [-0.2, 0) is 35.1 Å². The van der Waals surface area contributed by atoms with Crippen molar-refractivity contribution in [3.05, 3.63) is 35.5 Å². The zero-order chi connectivity index (χ0) is 38.5. The maximum Gasteiger partial charge on any atom is 0.410 e. The van der Waals surface area contributed by atoms with E-state index in [2.05, 4.69) is 16.0 Å². The zero-order valence-electron chi connectivity index (χ0n) is 32.6. The van der Waals surface area contributed by atoms with Gasteiger partial charge in [0.25, 0.3) is 5.91 Å². The Kier molecular flexibility index (Phi) is 15.9. The van der Waals surface area contributed by atoms with E-state index in [9.17, 15) is 19.2 Å². The largest absolute Gasteiger partial charge is 0.444 e. The number of carbonyl (C=O) groups excluding carboxylic acids is 4. The number of hydrogen-bond acceptors (Lipinski definition) is 9. The Labute approximate surface area is 314 Å². The molecule has 0 radical (unpaired) electrons. The fourth-order valence-electron chi connectivity index (χ4n) is 6.90. The molecule has 4 rings (SSSR count). The predicted octanol–water partition coefficient (Wildman–Crippen LogP) is 3.60. The van der Waals surface area contributed by atoms with E-state index in [1.807, 2.05) is 25.1 Å². The molecule has 1 saturated carbocycles. The second kappa shape index (κ2) is 20.1. The number of ether oxygens (including phenoxy) is 4. The van der Waals surface area contributed by atoms with E-state index in [-0.39, 0.29) is 24.3 Å². The maximum absolute atomic E-state index is 14.0. The van der Waals surface area contributed by atoms with Gasteiger partial charge >= 0.3 is 6.09 Å². The smallest absolute Gasteiger partial charge is 0.410 e. The SMILES string of the molecule is Cc1cc2cc(C(=O)N3CCN(C(=O)[C@@H](NC(=O)[C@H](C)N(C)C(=O)OC(C)(C)C)C4CCCCC4)CC3)ccc2n1CCOCCOCCOCCO. The number of piperazine rings is 1. The monoisotopic (exact) mass is 743 g/mol. The summed E-state index contributed by atoms with van der Waals surface area (Å²) in [5.74, 6) is -0.602. The van der Waals surface area contributed by atoms with Crippen LogP contribution in [0.4, 0.5) is 4.79 Å². The van der Waals surface area contributed by atoms with Crippen molar-refractivity contribution in [1.82, 2.24) is 24.6 Å². The van der Waals surface area contributed by atoms with Gasteiger partial charge in [0.2, 0.25) is 11.8 Å².